The highest BCUT2D eigenvalue weighted by molar-refractivity contribution is 5.46. The third-order valence-corrected chi connectivity index (χ3v) is 3.02. The molecule has 2 rings (SSSR count). The maximum atomic E-state index is 12.2. The number of anilines is 1. The Bertz CT molecular complexity index is 626. The van der Waals surface area contributed by atoms with Crippen molar-refractivity contribution >= 4 is 5.69 Å². The van der Waals surface area contributed by atoms with Gasteiger partial charge in [-0.2, -0.15) is 0 Å². The van der Waals surface area contributed by atoms with Gasteiger partial charge in [-0.1, -0.05) is 0 Å². The predicted molar refractivity (Wildman–Crippen MR) is 72.7 cm³/mol. The van der Waals surface area contributed by atoms with E-state index in [1.165, 1.54) is 4.68 Å². The molecule has 2 aromatic rings. The fourth-order valence-electron chi connectivity index (χ4n) is 1.99. The van der Waals surface area contributed by atoms with E-state index in [-0.39, 0.29) is 11.2 Å². The zero-order valence-electron chi connectivity index (χ0n) is 11.2. The summed E-state index contributed by atoms with van der Waals surface area (Å²) in [6.45, 7) is 0.292. The molecular formula is C13H17N3O3. The normalized spacial score (nSPS) is 10.7. The van der Waals surface area contributed by atoms with E-state index in [4.69, 9.17) is 15.2 Å². The highest BCUT2D eigenvalue weighted by atomic mass is 16.5. The molecule has 0 spiro atoms. The molecule has 6 heteroatoms. The summed E-state index contributed by atoms with van der Waals surface area (Å²) in [6, 6.07) is 7.19. The molecule has 0 unspecified atom stereocenters. The monoisotopic (exact) mass is 263 g/mol. The summed E-state index contributed by atoms with van der Waals surface area (Å²) in [5, 5.41) is 0. The third-order valence-electron chi connectivity index (χ3n) is 3.02. The van der Waals surface area contributed by atoms with Crippen molar-refractivity contribution in [2.75, 3.05) is 20.0 Å². The standard InChI is InChI=1S/C13H17N3O3/c1-15-11(8-18-2)12(14)13(17)16(15)9-4-6-10(19-3)7-5-9/h4-7H,8,14H2,1-3H3. The molecule has 19 heavy (non-hydrogen) atoms. The summed E-state index contributed by atoms with van der Waals surface area (Å²) < 4.78 is 13.4. The van der Waals surface area contributed by atoms with Crippen molar-refractivity contribution in [1.82, 2.24) is 9.36 Å². The Morgan fingerprint density at radius 2 is 1.84 bits per heavy atom. The quantitative estimate of drug-likeness (QED) is 0.890. The van der Waals surface area contributed by atoms with Gasteiger partial charge in [0.25, 0.3) is 5.56 Å². The Morgan fingerprint density at radius 1 is 1.21 bits per heavy atom. The van der Waals surface area contributed by atoms with Crippen molar-refractivity contribution in [2.24, 2.45) is 7.05 Å². The number of methoxy groups -OCH3 is 2. The van der Waals surface area contributed by atoms with Crippen LogP contribution in [0.25, 0.3) is 5.69 Å². The van der Waals surface area contributed by atoms with Crippen molar-refractivity contribution in [3.63, 3.8) is 0 Å². The minimum Gasteiger partial charge on any atom is -0.497 e. The Hall–Kier alpha value is -2.21. The van der Waals surface area contributed by atoms with E-state index < -0.39 is 0 Å². The summed E-state index contributed by atoms with van der Waals surface area (Å²) in [6.07, 6.45) is 0. The molecule has 0 amide bonds. The maximum absolute atomic E-state index is 12.2. The minimum absolute atomic E-state index is 0.208. The van der Waals surface area contributed by atoms with Crippen molar-refractivity contribution in [3.05, 3.63) is 40.3 Å². The summed E-state index contributed by atoms with van der Waals surface area (Å²) >= 11 is 0. The smallest absolute Gasteiger partial charge is 0.294 e. The van der Waals surface area contributed by atoms with Gasteiger partial charge in [0.2, 0.25) is 0 Å². The molecule has 0 saturated heterocycles. The van der Waals surface area contributed by atoms with E-state index in [1.807, 2.05) is 0 Å². The third kappa shape index (κ3) is 2.22. The van der Waals surface area contributed by atoms with Crippen molar-refractivity contribution < 1.29 is 9.47 Å². The number of ether oxygens (including phenoxy) is 2. The van der Waals surface area contributed by atoms with Gasteiger partial charge >= 0.3 is 0 Å². The summed E-state index contributed by atoms with van der Waals surface area (Å²) in [4.78, 5) is 12.2. The summed E-state index contributed by atoms with van der Waals surface area (Å²) in [5.74, 6) is 0.732. The van der Waals surface area contributed by atoms with E-state index in [1.54, 1.807) is 50.2 Å². The highest BCUT2D eigenvalue weighted by Crippen LogP contribution is 2.16. The first-order valence-electron chi connectivity index (χ1n) is 5.80. The molecule has 0 aliphatic heterocycles. The van der Waals surface area contributed by atoms with Gasteiger partial charge in [-0.05, 0) is 24.3 Å². The molecule has 1 heterocycles. The molecule has 0 aliphatic rings. The van der Waals surface area contributed by atoms with Gasteiger partial charge in [0.15, 0.2) is 0 Å². The van der Waals surface area contributed by atoms with Gasteiger partial charge in [0.05, 0.1) is 25.1 Å². The minimum atomic E-state index is -0.250. The fraction of sp³-hybridized carbons (Fsp3) is 0.308. The topological polar surface area (TPSA) is 71.4 Å². The van der Waals surface area contributed by atoms with Crippen LogP contribution in [0, 0.1) is 0 Å². The van der Waals surface area contributed by atoms with Gasteiger partial charge in [0, 0.05) is 14.2 Å². The van der Waals surface area contributed by atoms with Gasteiger partial charge in [0.1, 0.15) is 11.4 Å². The van der Waals surface area contributed by atoms with E-state index in [9.17, 15) is 4.79 Å². The summed E-state index contributed by atoms with van der Waals surface area (Å²) in [7, 11) is 4.93. The number of benzene rings is 1. The van der Waals surface area contributed by atoms with Crippen molar-refractivity contribution in [3.8, 4) is 11.4 Å². The van der Waals surface area contributed by atoms with Crippen LogP contribution in [-0.4, -0.2) is 23.6 Å². The van der Waals surface area contributed by atoms with Gasteiger partial charge < -0.3 is 15.2 Å². The van der Waals surface area contributed by atoms with Crippen LogP contribution in [0.15, 0.2) is 29.1 Å². The first-order valence-corrected chi connectivity index (χ1v) is 5.80. The Labute approximate surface area is 110 Å². The van der Waals surface area contributed by atoms with Gasteiger partial charge in [-0.3, -0.25) is 9.48 Å². The average Bonchev–Trinajstić information content (AvgIpc) is 2.64. The number of nitrogen functional groups attached to an aromatic ring is 1. The van der Waals surface area contributed by atoms with Crippen LogP contribution in [0.1, 0.15) is 5.69 Å². The van der Waals surface area contributed by atoms with Gasteiger partial charge in [-0.25, -0.2) is 4.68 Å². The predicted octanol–water partition coefficient (Wildman–Crippen LogP) is 0.913. The molecule has 0 atom stereocenters. The lowest BCUT2D eigenvalue weighted by molar-refractivity contribution is 0.177. The molecule has 2 N–H and O–H groups in total. The molecule has 0 saturated carbocycles. The lowest BCUT2D eigenvalue weighted by atomic mass is 10.3. The first-order chi connectivity index (χ1) is 9.10. The number of rotatable bonds is 4. The van der Waals surface area contributed by atoms with E-state index in [2.05, 4.69) is 0 Å². The molecule has 102 valence electrons. The second kappa shape index (κ2) is 5.19. The van der Waals surface area contributed by atoms with Crippen LogP contribution in [0.3, 0.4) is 0 Å². The zero-order valence-corrected chi connectivity index (χ0v) is 11.2. The van der Waals surface area contributed by atoms with E-state index in [0.717, 1.165) is 11.4 Å². The second-order valence-corrected chi connectivity index (χ2v) is 4.13. The zero-order chi connectivity index (χ0) is 14.0. The molecule has 0 radical (unpaired) electrons. The number of aromatic nitrogens is 2. The van der Waals surface area contributed by atoms with Crippen LogP contribution in [-0.2, 0) is 18.4 Å². The van der Waals surface area contributed by atoms with Crippen LogP contribution in [0.4, 0.5) is 5.69 Å². The molecule has 1 aromatic heterocycles. The lowest BCUT2D eigenvalue weighted by Gasteiger charge is -2.10. The molecule has 1 aromatic carbocycles. The molecule has 0 fully saturated rings. The highest BCUT2D eigenvalue weighted by Gasteiger charge is 2.16. The Balaban J connectivity index is 2.55. The van der Waals surface area contributed by atoms with Crippen LogP contribution in [0.2, 0.25) is 0 Å². The number of nitrogens with two attached hydrogens (primary N) is 1. The Kier molecular flexibility index (Phi) is 3.62. The SMILES string of the molecule is COCc1c(N)c(=O)n(-c2ccc(OC)cc2)n1C. The average molecular weight is 263 g/mol. The largest absolute Gasteiger partial charge is 0.497 e. The van der Waals surface area contributed by atoms with Crippen molar-refractivity contribution in [1.29, 1.82) is 0 Å². The number of hydrogen-bond donors (Lipinski definition) is 1. The van der Waals surface area contributed by atoms with Crippen LogP contribution >= 0.6 is 0 Å². The second-order valence-electron chi connectivity index (χ2n) is 4.13. The maximum Gasteiger partial charge on any atom is 0.294 e. The lowest BCUT2D eigenvalue weighted by Crippen LogP contribution is -2.20. The Morgan fingerprint density at radius 3 is 2.37 bits per heavy atom. The van der Waals surface area contributed by atoms with E-state index in [0.29, 0.717) is 12.3 Å². The molecule has 0 aliphatic carbocycles. The molecule has 0 bridgehead atoms. The van der Waals surface area contributed by atoms with Crippen molar-refractivity contribution in [2.45, 2.75) is 6.61 Å². The van der Waals surface area contributed by atoms with Gasteiger partial charge in [-0.15, -0.1) is 0 Å². The first kappa shape index (κ1) is 13.2. The molecule has 6 nitrogen and oxygen atoms in total. The number of hydrogen-bond acceptors (Lipinski definition) is 4. The van der Waals surface area contributed by atoms with Crippen LogP contribution < -0.4 is 16.0 Å². The number of nitrogens with zero attached hydrogens (tertiary/aromatic N) is 2. The molecular weight excluding hydrogens is 246 g/mol. The van der Waals surface area contributed by atoms with Crippen LogP contribution in [0.5, 0.6) is 5.75 Å². The van der Waals surface area contributed by atoms with E-state index >= 15 is 0 Å². The fourth-order valence-corrected chi connectivity index (χ4v) is 1.99. The summed E-state index contributed by atoms with van der Waals surface area (Å²) in [5.41, 5.74) is 7.16.